The van der Waals surface area contributed by atoms with Crippen LogP contribution in [0.5, 0.6) is 0 Å². The molecule has 4 aromatic rings. The van der Waals surface area contributed by atoms with Crippen molar-refractivity contribution in [3.63, 3.8) is 0 Å². The molecular weight excluding hydrogens is 500 g/mol. The number of nitrogens with zero attached hydrogens (tertiary/aromatic N) is 6. The molecule has 0 aliphatic carbocycles. The Kier molecular flexibility index (Phi) is 9.08. The van der Waals surface area contributed by atoms with Crippen LogP contribution in [0.3, 0.4) is 0 Å². The topological polar surface area (TPSA) is 156 Å². The summed E-state index contributed by atoms with van der Waals surface area (Å²) in [4.78, 5) is 32.5. The van der Waals surface area contributed by atoms with Crippen molar-refractivity contribution >= 4 is 44.8 Å². The van der Waals surface area contributed by atoms with Crippen molar-refractivity contribution in [2.75, 3.05) is 10.6 Å². The van der Waals surface area contributed by atoms with Crippen LogP contribution in [-0.2, 0) is 35.3 Å². The zero-order valence-electron chi connectivity index (χ0n) is 19.2. The summed E-state index contributed by atoms with van der Waals surface area (Å²) < 4.78 is 0. The van der Waals surface area contributed by atoms with Crippen molar-refractivity contribution in [1.82, 2.24) is 30.4 Å². The number of amides is 2. The lowest BCUT2D eigenvalue weighted by Crippen LogP contribution is -2.14. The zero-order chi connectivity index (χ0) is 25.2. The average molecular weight is 525 g/mol. The van der Waals surface area contributed by atoms with Crippen LogP contribution < -0.4 is 10.6 Å². The second kappa shape index (κ2) is 12.9. The van der Waals surface area contributed by atoms with E-state index >= 15 is 0 Å². The number of rotatable bonds is 12. The third kappa shape index (κ3) is 8.22. The van der Waals surface area contributed by atoms with E-state index < -0.39 is 6.10 Å². The standard InChI is InChI=1S/C23H24N8O3S2/c32-17(7-9-20-28-30-22(35-20)26-18(33)13-15-5-1-3-11-24-15)8-10-21-29-31-23(36-21)27-19(34)14-16-6-2-4-12-25-16/h1-6,11-12,17,32H,7-10,13-14H2,(H,26,30,33)(H,27,31,34). The minimum Gasteiger partial charge on any atom is -0.393 e. The summed E-state index contributed by atoms with van der Waals surface area (Å²) in [6.45, 7) is 0. The van der Waals surface area contributed by atoms with Crippen LogP contribution in [0, 0.1) is 0 Å². The Morgan fingerprint density at radius 2 is 1.22 bits per heavy atom. The number of hydrogen-bond donors (Lipinski definition) is 3. The molecule has 0 bridgehead atoms. The molecule has 13 heteroatoms. The second-order valence-corrected chi connectivity index (χ2v) is 9.95. The number of aryl methyl sites for hydroxylation is 2. The van der Waals surface area contributed by atoms with Gasteiger partial charge in [0.15, 0.2) is 0 Å². The molecule has 3 N–H and O–H groups in total. The minimum atomic E-state index is -0.554. The summed E-state index contributed by atoms with van der Waals surface area (Å²) in [7, 11) is 0. The monoisotopic (exact) mass is 524 g/mol. The molecule has 11 nitrogen and oxygen atoms in total. The maximum atomic E-state index is 12.1. The highest BCUT2D eigenvalue weighted by atomic mass is 32.1. The van der Waals surface area contributed by atoms with Gasteiger partial charge >= 0.3 is 0 Å². The number of pyridine rings is 2. The fourth-order valence-corrected chi connectivity index (χ4v) is 4.74. The normalized spacial score (nSPS) is 10.9. The molecule has 0 saturated heterocycles. The van der Waals surface area contributed by atoms with Gasteiger partial charge in [-0.3, -0.25) is 19.6 Å². The fourth-order valence-electron chi connectivity index (χ4n) is 3.20. The van der Waals surface area contributed by atoms with Gasteiger partial charge in [0, 0.05) is 36.6 Å². The first-order chi connectivity index (χ1) is 17.5. The Morgan fingerprint density at radius 3 is 1.64 bits per heavy atom. The summed E-state index contributed by atoms with van der Waals surface area (Å²) in [6, 6.07) is 10.8. The molecule has 4 aromatic heterocycles. The summed E-state index contributed by atoms with van der Waals surface area (Å²) in [5.74, 6) is -0.415. The number of aromatic nitrogens is 6. The van der Waals surface area contributed by atoms with Crippen molar-refractivity contribution in [3.8, 4) is 0 Å². The Bertz CT molecular complexity index is 1170. The maximum Gasteiger partial charge on any atom is 0.232 e. The molecule has 4 heterocycles. The lowest BCUT2D eigenvalue weighted by molar-refractivity contribution is -0.116. The first-order valence-electron chi connectivity index (χ1n) is 11.3. The Morgan fingerprint density at radius 1 is 0.750 bits per heavy atom. The zero-order valence-corrected chi connectivity index (χ0v) is 20.8. The molecule has 0 radical (unpaired) electrons. The smallest absolute Gasteiger partial charge is 0.232 e. The van der Waals surface area contributed by atoms with E-state index in [1.54, 1.807) is 36.7 Å². The molecular formula is C23H24N8O3S2. The number of carbonyl (C=O) groups excluding carboxylic acids is 2. The number of anilines is 2. The molecule has 0 fully saturated rings. The predicted molar refractivity (Wildman–Crippen MR) is 136 cm³/mol. The van der Waals surface area contributed by atoms with E-state index in [1.807, 2.05) is 12.1 Å². The lowest BCUT2D eigenvalue weighted by atomic mass is 10.1. The molecule has 2 amide bonds. The van der Waals surface area contributed by atoms with E-state index in [0.717, 1.165) is 10.0 Å². The summed E-state index contributed by atoms with van der Waals surface area (Å²) in [6.07, 6.45) is 5.15. The molecule has 0 aliphatic heterocycles. The first kappa shape index (κ1) is 25.4. The predicted octanol–water partition coefficient (Wildman–Crippen LogP) is 2.47. The van der Waals surface area contributed by atoms with Gasteiger partial charge in [-0.05, 0) is 37.1 Å². The highest BCUT2D eigenvalue weighted by molar-refractivity contribution is 7.15. The number of hydrogen-bond acceptors (Lipinski definition) is 11. The van der Waals surface area contributed by atoms with Gasteiger partial charge in [-0.2, -0.15) is 0 Å². The van der Waals surface area contributed by atoms with Crippen LogP contribution in [0.4, 0.5) is 10.3 Å². The SMILES string of the molecule is O=C(Cc1ccccn1)Nc1nnc(CCC(O)CCc2nnc(NC(=O)Cc3ccccn3)s2)s1. The van der Waals surface area contributed by atoms with E-state index in [4.69, 9.17) is 0 Å². The first-order valence-corrected chi connectivity index (χ1v) is 12.9. The van der Waals surface area contributed by atoms with Crippen LogP contribution in [-0.4, -0.2) is 53.4 Å². The average Bonchev–Trinajstić information content (AvgIpc) is 3.51. The third-order valence-electron chi connectivity index (χ3n) is 4.94. The Labute approximate surface area is 215 Å². The highest BCUT2D eigenvalue weighted by Gasteiger charge is 2.14. The van der Waals surface area contributed by atoms with E-state index in [-0.39, 0.29) is 24.7 Å². The van der Waals surface area contributed by atoms with Gasteiger partial charge in [0.1, 0.15) is 10.0 Å². The molecule has 4 rings (SSSR count). The van der Waals surface area contributed by atoms with Crippen LogP contribution in [0.2, 0.25) is 0 Å². The number of aliphatic hydroxyl groups excluding tert-OH is 1. The van der Waals surface area contributed by atoms with Crippen molar-refractivity contribution in [2.45, 2.75) is 44.6 Å². The largest absolute Gasteiger partial charge is 0.393 e. The molecule has 0 aliphatic rings. The molecule has 0 saturated carbocycles. The van der Waals surface area contributed by atoms with Gasteiger partial charge in [-0.15, -0.1) is 20.4 Å². The van der Waals surface area contributed by atoms with Gasteiger partial charge in [0.25, 0.3) is 0 Å². The van der Waals surface area contributed by atoms with E-state index in [2.05, 4.69) is 41.0 Å². The van der Waals surface area contributed by atoms with Gasteiger partial charge < -0.3 is 15.7 Å². The third-order valence-corrected chi connectivity index (χ3v) is 6.74. The molecule has 186 valence electrons. The summed E-state index contributed by atoms with van der Waals surface area (Å²) in [5.41, 5.74) is 1.36. The van der Waals surface area contributed by atoms with Gasteiger partial charge in [0.05, 0.1) is 18.9 Å². The van der Waals surface area contributed by atoms with Crippen LogP contribution >= 0.6 is 22.7 Å². The van der Waals surface area contributed by atoms with E-state index in [1.165, 1.54) is 22.7 Å². The van der Waals surface area contributed by atoms with Crippen LogP contribution in [0.1, 0.15) is 34.2 Å². The quantitative estimate of drug-likeness (QED) is 0.253. The van der Waals surface area contributed by atoms with E-state index in [0.29, 0.717) is 47.3 Å². The van der Waals surface area contributed by atoms with Crippen molar-refractivity contribution < 1.29 is 14.7 Å². The van der Waals surface area contributed by atoms with Crippen LogP contribution in [0.15, 0.2) is 48.8 Å². The lowest BCUT2D eigenvalue weighted by Gasteiger charge is -2.07. The highest BCUT2D eigenvalue weighted by Crippen LogP contribution is 2.20. The molecule has 0 atom stereocenters. The summed E-state index contributed by atoms with van der Waals surface area (Å²) >= 11 is 2.57. The summed E-state index contributed by atoms with van der Waals surface area (Å²) in [5, 5.41) is 34.3. The van der Waals surface area contributed by atoms with Gasteiger partial charge in [-0.25, -0.2) is 0 Å². The van der Waals surface area contributed by atoms with Gasteiger partial charge in [-0.1, -0.05) is 34.8 Å². The number of carbonyl (C=O) groups is 2. The number of aliphatic hydroxyl groups is 1. The van der Waals surface area contributed by atoms with Crippen molar-refractivity contribution in [3.05, 3.63) is 70.2 Å². The second-order valence-electron chi connectivity index (χ2n) is 7.83. The van der Waals surface area contributed by atoms with Gasteiger partial charge in [0.2, 0.25) is 22.1 Å². The molecule has 0 unspecified atom stereocenters. The minimum absolute atomic E-state index is 0.162. The number of nitrogens with one attached hydrogen (secondary N) is 2. The van der Waals surface area contributed by atoms with Crippen molar-refractivity contribution in [1.29, 1.82) is 0 Å². The Balaban J connectivity index is 1.15. The molecule has 0 spiro atoms. The Hall–Kier alpha value is -3.68. The van der Waals surface area contributed by atoms with Crippen molar-refractivity contribution in [2.24, 2.45) is 0 Å². The van der Waals surface area contributed by atoms with Crippen LogP contribution in [0.25, 0.3) is 0 Å². The molecule has 0 aromatic carbocycles. The maximum absolute atomic E-state index is 12.1. The molecule has 36 heavy (non-hydrogen) atoms. The van der Waals surface area contributed by atoms with E-state index in [9.17, 15) is 14.7 Å². The fraction of sp³-hybridized carbons (Fsp3) is 0.304.